The number of nitrogens with zero attached hydrogens (tertiary/aromatic N) is 1. The number of fused-ring (bicyclic) bond motifs is 3. The van der Waals surface area contributed by atoms with E-state index in [4.69, 9.17) is 4.74 Å². The van der Waals surface area contributed by atoms with Gasteiger partial charge in [0.2, 0.25) is 0 Å². The Morgan fingerprint density at radius 2 is 2.31 bits per heavy atom. The van der Waals surface area contributed by atoms with E-state index in [2.05, 4.69) is 11.1 Å². The normalized spacial score (nSPS) is 14.2. The molecule has 0 bridgehead atoms. The van der Waals surface area contributed by atoms with Crippen LogP contribution in [0.5, 0.6) is 5.75 Å². The lowest BCUT2D eigenvalue weighted by atomic mass is 10.0. The van der Waals surface area contributed by atoms with E-state index >= 15 is 0 Å². The first kappa shape index (κ1) is 9.33. The van der Waals surface area contributed by atoms with E-state index in [-0.39, 0.29) is 0 Å². The predicted molar refractivity (Wildman–Crippen MR) is 60.9 cm³/mol. The van der Waals surface area contributed by atoms with E-state index in [9.17, 15) is 4.79 Å². The molecule has 0 saturated heterocycles. The van der Waals surface area contributed by atoms with E-state index in [1.807, 2.05) is 12.1 Å². The summed E-state index contributed by atoms with van der Waals surface area (Å²) in [5, 5.41) is 0.946. The number of rotatable bonds is 1. The molecule has 1 aliphatic rings. The predicted octanol–water partition coefficient (Wildman–Crippen LogP) is 2.37. The van der Waals surface area contributed by atoms with Gasteiger partial charge in [0.15, 0.2) is 6.29 Å². The maximum Gasteiger partial charge on any atom is 0.151 e. The van der Waals surface area contributed by atoms with Crippen LogP contribution in [0.1, 0.15) is 22.3 Å². The Morgan fingerprint density at radius 3 is 3.19 bits per heavy atom. The molecule has 0 fully saturated rings. The molecule has 1 aromatic heterocycles. The smallest absolute Gasteiger partial charge is 0.151 e. The number of carbonyl (C=O) groups excluding carboxylic acids is 1. The standard InChI is InChI=1S/C13H11NO2/c15-8-9-6-11-12(14-7-9)4-3-10-2-1-5-16-13(10)11/h3-4,6-8H,1-2,5H2. The number of hydrogen-bond donors (Lipinski definition) is 0. The van der Waals surface area contributed by atoms with Crippen molar-refractivity contribution < 1.29 is 9.53 Å². The Balaban J connectivity index is 2.31. The van der Waals surface area contributed by atoms with Crippen LogP contribution in [0.2, 0.25) is 0 Å². The second-order valence-electron chi connectivity index (χ2n) is 3.96. The fourth-order valence-corrected chi connectivity index (χ4v) is 2.10. The van der Waals surface area contributed by atoms with E-state index < -0.39 is 0 Å². The lowest BCUT2D eigenvalue weighted by Gasteiger charge is -2.18. The van der Waals surface area contributed by atoms with Crippen molar-refractivity contribution in [2.45, 2.75) is 12.8 Å². The van der Waals surface area contributed by atoms with Gasteiger partial charge in [-0.2, -0.15) is 0 Å². The molecule has 16 heavy (non-hydrogen) atoms. The van der Waals surface area contributed by atoms with Gasteiger partial charge in [0.05, 0.1) is 12.1 Å². The number of aromatic nitrogens is 1. The first-order chi connectivity index (χ1) is 7.88. The van der Waals surface area contributed by atoms with Crippen molar-refractivity contribution in [3.63, 3.8) is 0 Å². The minimum absolute atomic E-state index is 0.593. The molecule has 2 aromatic rings. The van der Waals surface area contributed by atoms with Gasteiger partial charge in [-0.3, -0.25) is 9.78 Å². The largest absolute Gasteiger partial charge is 0.493 e. The molecule has 1 aliphatic heterocycles. The van der Waals surface area contributed by atoms with Gasteiger partial charge in [0.1, 0.15) is 5.75 Å². The fraction of sp³-hybridized carbons (Fsp3) is 0.231. The molecular weight excluding hydrogens is 202 g/mol. The minimum atomic E-state index is 0.593. The first-order valence-corrected chi connectivity index (χ1v) is 5.38. The van der Waals surface area contributed by atoms with Gasteiger partial charge in [-0.1, -0.05) is 6.07 Å². The molecule has 0 spiro atoms. The maximum atomic E-state index is 10.7. The Labute approximate surface area is 93.1 Å². The molecule has 3 nitrogen and oxygen atoms in total. The number of hydrogen-bond acceptors (Lipinski definition) is 3. The highest BCUT2D eigenvalue weighted by molar-refractivity contribution is 5.91. The highest BCUT2D eigenvalue weighted by Gasteiger charge is 2.14. The summed E-state index contributed by atoms with van der Waals surface area (Å²) in [6.07, 6.45) is 4.50. The van der Waals surface area contributed by atoms with E-state index in [0.717, 1.165) is 42.4 Å². The molecule has 0 unspecified atom stereocenters. The second-order valence-corrected chi connectivity index (χ2v) is 3.96. The number of benzene rings is 1. The first-order valence-electron chi connectivity index (χ1n) is 5.38. The van der Waals surface area contributed by atoms with Gasteiger partial charge < -0.3 is 4.74 Å². The second kappa shape index (κ2) is 3.59. The summed E-state index contributed by atoms with van der Waals surface area (Å²) < 4.78 is 5.68. The van der Waals surface area contributed by atoms with Crippen molar-refractivity contribution in [2.24, 2.45) is 0 Å². The molecule has 3 rings (SSSR count). The Morgan fingerprint density at radius 1 is 1.38 bits per heavy atom. The van der Waals surface area contributed by atoms with Gasteiger partial charge in [-0.25, -0.2) is 0 Å². The molecule has 0 amide bonds. The van der Waals surface area contributed by atoms with Gasteiger partial charge >= 0.3 is 0 Å². The highest BCUT2D eigenvalue weighted by atomic mass is 16.5. The summed E-state index contributed by atoms with van der Waals surface area (Å²) in [7, 11) is 0. The van der Waals surface area contributed by atoms with Crippen LogP contribution in [-0.2, 0) is 6.42 Å². The van der Waals surface area contributed by atoms with Crippen LogP contribution in [0.15, 0.2) is 24.4 Å². The molecule has 1 aromatic carbocycles. The van der Waals surface area contributed by atoms with Gasteiger partial charge in [0, 0.05) is 17.1 Å². The highest BCUT2D eigenvalue weighted by Crippen LogP contribution is 2.32. The summed E-state index contributed by atoms with van der Waals surface area (Å²) in [6.45, 7) is 0.747. The van der Waals surface area contributed by atoms with Gasteiger partial charge in [-0.15, -0.1) is 0 Å². The monoisotopic (exact) mass is 213 g/mol. The Bertz CT molecular complexity index is 563. The van der Waals surface area contributed by atoms with Crippen LogP contribution in [-0.4, -0.2) is 17.9 Å². The van der Waals surface area contributed by atoms with Gasteiger partial charge in [-0.05, 0) is 30.5 Å². The van der Waals surface area contributed by atoms with Crippen LogP contribution in [0.3, 0.4) is 0 Å². The Kier molecular flexibility index (Phi) is 2.10. The van der Waals surface area contributed by atoms with Crippen LogP contribution >= 0.6 is 0 Å². The van der Waals surface area contributed by atoms with Crippen LogP contribution in [0, 0.1) is 0 Å². The zero-order chi connectivity index (χ0) is 11.0. The molecule has 0 aliphatic carbocycles. The number of aryl methyl sites for hydroxylation is 1. The van der Waals surface area contributed by atoms with E-state index in [1.54, 1.807) is 6.20 Å². The van der Waals surface area contributed by atoms with Crippen LogP contribution < -0.4 is 4.74 Å². The van der Waals surface area contributed by atoms with E-state index in [0.29, 0.717) is 5.56 Å². The molecular formula is C13H11NO2. The topological polar surface area (TPSA) is 39.2 Å². The molecule has 3 heteroatoms. The molecule has 0 radical (unpaired) electrons. The van der Waals surface area contributed by atoms with Crippen molar-refractivity contribution in [2.75, 3.05) is 6.61 Å². The number of carbonyl (C=O) groups is 1. The fourth-order valence-electron chi connectivity index (χ4n) is 2.10. The molecule has 0 N–H and O–H groups in total. The third-order valence-electron chi connectivity index (χ3n) is 2.89. The summed E-state index contributed by atoms with van der Waals surface area (Å²) in [4.78, 5) is 15.0. The third-order valence-corrected chi connectivity index (χ3v) is 2.89. The average Bonchev–Trinajstić information content (AvgIpc) is 2.38. The van der Waals surface area contributed by atoms with Crippen molar-refractivity contribution >= 4 is 17.2 Å². The van der Waals surface area contributed by atoms with E-state index in [1.165, 1.54) is 5.56 Å². The van der Waals surface area contributed by atoms with Crippen LogP contribution in [0.25, 0.3) is 10.9 Å². The number of pyridine rings is 1. The lowest BCUT2D eigenvalue weighted by Crippen LogP contribution is -2.08. The van der Waals surface area contributed by atoms with Crippen LogP contribution in [0.4, 0.5) is 0 Å². The summed E-state index contributed by atoms with van der Waals surface area (Å²) in [5.41, 5.74) is 2.69. The molecule has 0 saturated carbocycles. The number of aldehydes is 1. The number of ether oxygens (including phenoxy) is 1. The summed E-state index contributed by atoms with van der Waals surface area (Å²) in [5.74, 6) is 0.903. The molecule has 80 valence electrons. The lowest BCUT2D eigenvalue weighted by molar-refractivity contribution is 0.112. The summed E-state index contributed by atoms with van der Waals surface area (Å²) >= 11 is 0. The molecule has 2 heterocycles. The quantitative estimate of drug-likeness (QED) is 0.683. The minimum Gasteiger partial charge on any atom is -0.493 e. The van der Waals surface area contributed by atoms with Crippen molar-refractivity contribution in [1.29, 1.82) is 0 Å². The molecule has 0 atom stereocenters. The zero-order valence-electron chi connectivity index (χ0n) is 8.77. The SMILES string of the molecule is O=Cc1cnc2ccc3c(c2c1)OCCC3. The Hall–Kier alpha value is -1.90. The maximum absolute atomic E-state index is 10.7. The third kappa shape index (κ3) is 1.36. The van der Waals surface area contributed by atoms with Gasteiger partial charge in [0.25, 0.3) is 0 Å². The summed E-state index contributed by atoms with van der Waals surface area (Å²) in [6, 6.07) is 5.89. The van der Waals surface area contributed by atoms with Crippen molar-refractivity contribution in [3.8, 4) is 5.75 Å². The van der Waals surface area contributed by atoms with Crippen molar-refractivity contribution in [1.82, 2.24) is 4.98 Å². The zero-order valence-corrected chi connectivity index (χ0v) is 8.77. The van der Waals surface area contributed by atoms with Crippen molar-refractivity contribution in [3.05, 3.63) is 35.5 Å². The average molecular weight is 213 g/mol.